The number of likely N-dealkylation sites (N-methyl/N-ethyl adjacent to an activating group) is 1. The predicted octanol–water partition coefficient (Wildman–Crippen LogP) is 2.28. The van der Waals surface area contributed by atoms with E-state index in [-0.39, 0.29) is 6.04 Å². The molecule has 0 spiro atoms. The summed E-state index contributed by atoms with van der Waals surface area (Å²) in [6.45, 7) is 0. The monoisotopic (exact) mass is 229 g/mol. The van der Waals surface area contributed by atoms with Crippen molar-refractivity contribution in [3.05, 3.63) is 35.9 Å². The van der Waals surface area contributed by atoms with Gasteiger partial charge in [-0.2, -0.15) is 0 Å². The largest absolute Gasteiger partial charge is 0.298 e. The SMILES string of the molecule is CN1[C@@H]2C[C@@H](Cc3ccccc3)[C@H]1CCC2=O. The fourth-order valence-electron chi connectivity index (χ4n) is 3.56. The Kier molecular flexibility index (Phi) is 2.75. The summed E-state index contributed by atoms with van der Waals surface area (Å²) < 4.78 is 0. The van der Waals surface area contributed by atoms with Gasteiger partial charge < -0.3 is 0 Å². The third kappa shape index (κ3) is 1.91. The van der Waals surface area contributed by atoms with E-state index in [1.54, 1.807) is 0 Å². The topological polar surface area (TPSA) is 20.3 Å². The number of Topliss-reactive ketones (excluding diaryl/α,β-unsaturated/α-hetero) is 1. The summed E-state index contributed by atoms with van der Waals surface area (Å²) in [5.74, 6) is 1.12. The van der Waals surface area contributed by atoms with E-state index in [2.05, 4.69) is 42.3 Å². The molecule has 0 unspecified atom stereocenters. The summed E-state index contributed by atoms with van der Waals surface area (Å²) in [5.41, 5.74) is 1.41. The molecule has 0 amide bonds. The second-order valence-electron chi connectivity index (χ2n) is 5.44. The number of rotatable bonds is 2. The highest BCUT2D eigenvalue weighted by atomic mass is 16.1. The first kappa shape index (κ1) is 11.0. The maximum atomic E-state index is 11.8. The Bertz CT molecular complexity index is 414. The third-order valence-corrected chi connectivity index (χ3v) is 4.48. The van der Waals surface area contributed by atoms with Crippen LogP contribution < -0.4 is 0 Å². The first-order valence-corrected chi connectivity index (χ1v) is 6.54. The molecule has 0 radical (unpaired) electrons. The van der Waals surface area contributed by atoms with Crippen LogP contribution in [0.4, 0.5) is 0 Å². The van der Waals surface area contributed by atoms with Crippen molar-refractivity contribution in [1.29, 1.82) is 0 Å². The zero-order valence-corrected chi connectivity index (χ0v) is 10.3. The zero-order chi connectivity index (χ0) is 11.8. The van der Waals surface area contributed by atoms with Crippen LogP contribution in [0.5, 0.6) is 0 Å². The first-order chi connectivity index (χ1) is 8.25. The molecule has 1 aromatic carbocycles. The van der Waals surface area contributed by atoms with Crippen molar-refractivity contribution in [3.8, 4) is 0 Å². The summed E-state index contributed by atoms with van der Waals surface area (Å²) in [6.07, 6.45) is 4.04. The number of carbonyl (C=O) groups is 1. The molecule has 3 rings (SSSR count). The average molecular weight is 229 g/mol. The average Bonchev–Trinajstić information content (AvgIpc) is 2.54. The molecular formula is C15H19NO. The van der Waals surface area contributed by atoms with Gasteiger partial charge in [0.15, 0.2) is 0 Å². The zero-order valence-electron chi connectivity index (χ0n) is 10.3. The molecule has 0 saturated carbocycles. The highest BCUT2D eigenvalue weighted by Gasteiger charge is 2.45. The summed E-state index contributed by atoms with van der Waals surface area (Å²) >= 11 is 0. The Hall–Kier alpha value is -1.15. The van der Waals surface area contributed by atoms with E-state index < -0.39 is 0 Å². The molecule has 0 aliphatic carbocycles. The number of hydrogen-bond donors (Lipinski definition) is 0. The second kappa shape index (κ2) is 4.26. The smallest absolute Gasteiger partial charge is 0.150 e. The number of benzene rings is 1. The number of nitrogens with zero attached hydrogens (tertiary/aromatic N) is 1. The van der Waals surface area contributed by atoms with Gasteiger partial charge in [-0.1, -0.05) is 30.3 Å². The highest BCUT2D eigenvalue weighted by molar-refractivity contribution is 5.85. The second-order valence-corrected chi connectivity index (χ2v) is 5.44. The number of piperidine rings is 1. The lowest BCUT2D eigenvalue weighted by Crippen LogP contribution is -2.43. The maximum absolute atomic E-state index is 11.8. The Morgan fingerprint density at radius 2 is 2.06 bits per heavy atom. The van der Waals surface area contributed by atoms with Gasteiger partial charge in [-0.3, -0.25) is 9.69 Å². The number of hydrogen-bond acceptors (Lipinski definition) is 2. The molecule has 2 heterocycles. The van der Waals surface area contributed by atoms with Crippen molar-refractivity contribution in [2.75, 3.05) is 7.05 Å². The molecule has 2 fully saturated rings. The van der Waals surface area contributed by atoms with Gasteiger partial charge in [-0.15, -0.1) is 0 Å². The van der Waals surface area contributed by atoms with Gasteiger partial charge in [-0.05, 0) is 37.8 Å². The van der Waals surface area contributed by atoms with E-state index in [0.29, 0.717) is 17.7 Å². The predicted molar refractivity (Wildman–Crippen MR) is 67.8 cm³/mol. The fraction of sp³-hybridized carbons (Fsp3) is 0.533. The van der Waals surface area contributed by atoms with Crippen LogP contribution in [0.1, 0.15) is 24.8 Å². The molecule has 2 aliphatic rings. The third-order valence-electron chi connectivity index (χ3n) is 4.48. The lowest BCUT2D eigenvalue weighted by molar-refractivity contribution is -0.125. The minimum Gasteiger partial charge on any atom is -0.298 e. The van der Waals surface area contributed by atoms with Crippen LogP contribution in [0.25, 0.3) is 0 Å². The molecule has 3 atom stereocenters. The van der Waals surface area contributed by atoms with Crippen molar-refractivity contribution in [3.63, 3.8) is 0 Å². The van der Waals surface area contributed by atoms with Crippen molar-refractivity contribution in [2.24, 2.45) is 5.92 Å². The Morgan fingerprint density at radius 1 is 1.29 bits per heavy atom. The van der Waals surface area contributed by atoms with E-state index in [1.165, 1.54) is 5.56 Å². The van der Waals surface area contributed by atoms with E-state index in [4.69, 9.17) is 0 Å². The molecule has 2 bridgehead atoms. The van der Waals surface area contributed by atoms with Crippen LogP contribution in [0, 0.1) is 5.92 Å². The van der Waals surface area contributed by atoms with Crippen LogP contribution in [-0.2, 0) is 11.2 Å². The van der Waals surface area contributed by atoms with Crippen molar-refractivity contribution >= 4 is 5.78 Å². The number of ketones is 1. The molecule has 90 valence electrons. The highest BCUT2D eigenvalue weighted by Crippen LogP contribution is 2.38. The van der Waals surface area contributed by atoms with Gasteiger partial charge >= 0.3 is 0 Å². The molecule has 0 N–H and O–H groups in total. The first-order valence-electron chi connectivity index (χ1n) is 6.54. The van der Waals surface area contributed by atoms with Gasteiger partial charge in [0.2, 0.25) is 0 Å². The van der Waals surface area contributed by atoms with E-state index in [1.807, 2.05) is 0 Å². The van der Waals surface area contributed by atoms with Gasteiger partial charge in [0.25, 0.3) is 0 Å². The fourth-order valence-corrected chi connectivity index (χ4v) is 3.56. The van der Waals surface area contributed by atoms with Crippen LogP contribution in [0.15, 0.2) is 30.3 Å². The molecule has 1 aromatic rings. The van der Waals surface area contributed by atoms with Crippen molar-refractivity contribution < 1.29 is 4.79 Å². The molecule has 17 heavy (non-hydrogen) atoms. The number of fused-ring (bicyclic) bond motifs is 2. The van der Waals surface area contributed by atoms with Crippen LogP contribution >= 0.6 is 0 Å². The summed E-state index contributed by atoms with van der Waals surface area (Å²) in [7, 11) is 2.12. The van der Waals surface area contributed by atoms with E-state index >= 15 is 0 Å². The van der Waals surface area contributed by atoms with Crippen LogP contribution in [-0.4, -0.2) is 29.8 Å². The van der Waals surface area contributed by atoms with E-state index in [9.17, 15) is 4.79 Å². The van der Waals surface area contributed by atoms with Gasteiger partial charge in [-0.25, -0.2) is 0 Å². The van der Waals surface area contributed by atoms with Crippen molar-refractivity contribution in [2.45, 2.75) is 37.8 Å². The Morgan fingerprint density at radius 3 is 2.76 bits per heavy atom. The lowest BCUT2D eigenvalue weighted by Gasteiger charge is -2.31. The van der Waals surface area contributed by atoms with Crippen LogP contribution in [0.2, 0.25) is 0 Å². The summed E-state index contributed by atoms with van der Waals surface area (Å²) in [4.78, 5) is 14.1. The number of carbonyl (C=O) groups excluding carboxylic acids is 1. The summed E-state index contributed by atoms with van der Waals surface area (Å²) in [6, 6.07) is 11.5. The molecule has 0 aromatic heterocycles. The van der Waals surface area contributed by atoms with E-state index in [0.717, 1.165) is 25.7 Å². The molecule has 2 nitrogen and oxygen atoms in total. The van der Waals surface area contributed by atoms with Gasteiger partial charge in [0.05, 0.1) is 6.04 Å². The lowest BCUT2D eigenvalue weighted by atomic mass is 9.91. The van der Waals surface area contributed by atoms with Gasteiger partial charge in [0.1, 0.15) is 5.78 Å². The minimum atomic E-state index is 0.211. The Balaban J connectivity index is 1.76. The molecular weight excluding hydrogens is 210 g/mol. The van der Waals surface area contributed by atoms with Crippen LogP contribution in [0.3, 0.4) is 0 Å². The van der Waals surface area contributed by atoms with Gasteiger partial charge in [0, 0.05) is 12.5 Å². The molecule has 2 heteroatoms. The Labute approximate surface area is 103 Å². The minimum absolute atomic E-state index is 0.211. The quantitative estimate of drug-likeness (QED) is 0.775. The van der Waals surface area contributed by atoms with Crippen molar-refractivity contribution in [1.82, 2.24) is 4.90 Å². The normalized spacial score (nSPS) is 33.0. The molecule has 2 saturated heterocycles. The summed E-state index contributed by atoms with van der Waals surface area (Å²) in [5, 5.41) is 0. The maximum Gasteiger partial charge on any atom is 0.150 e. The molecule has 2 aliphatic heterocycles. The standard InChI is InChI=1S/C15H19NO/c1-16-13-7-8-15(17)14(16)10-12(13)9-11-5-3-2-4-6-11/h2-6,12-14H,7-10H2,1H3/t12-,13-,14-/m1/s1.